The van der Waals surface area contributed by atoms with E-state index >= 15 is 0 Å². The average molecular weight is 257 g/mol. The Kier molecular flexibility index (Phi) is 3.63. The van der Waals surface area contributed by atoms with Crippen molar-refractivity contribution in [3.05, 3.63) is 45.3 Å². The first-order valence-corrected chi connectivity index (χ1v) is 6.61. The molecule has 2 heterocycles. The second-order valence-electron chi connectivity index (χ2n) is 4.28. The number of rotatable bonds is 3. The van der Waals surface area contributed by atoms with E-state index in [1.54, 1.807) is 12.3 Å². The Labute approximate surface area is 111 Å². The highest BCUT2D eigenvalue weighted by Crippen LogP contribution is 2.28. The van der Waals surface area contributed by atoms with E-state index in [9.17, 15) is 0 Å². The summed E-state index contributed by atoms with van der Waals surface area (Å²) < 4.78 is 0. The Hall–Kier alpha value is -1.86. The fourth-order valence-electron chi connectivity index (χ4n) is 1.93. The van der Waals surface area contributed by atoms with Gasteiger partial charge in [-0.3, -0.25) is 0 Å². The van der Waals surface area contributed by atoms with Crippen LogP contribution in [-0.4, -0.2) is 4.98 Å². The predicted octanol–water partition coefficient (Wildman–Crippen LogP) is 3.80. The number of anilines is 1. The van der Waals surface area contributed by atoms with Crippen molar-refractivity contribution in [3.63, 3.8) is 0 Å². The van der Waals surface area contributed by atoms with E-state index in [-0.39, 0.29) is 6.04 Å². The molecule has 0 radical (unpaired) electrons. The van der Waals surface area contributed by atoms with Crippen molar-refractivity contribution in [2.45, 2.75) is 26.8 Å². The molecular formula is C14H15N3S. The molecule has 1 N–H and O–H groups in total. The summed E-state index contributed by atoms with van der Waals surface area (Å²) in [6, 6.07) is 8.10. The molecule has 1 atom stereocenters. The molecule has 3 nitrogen and oxygen atoms in total. The van der Waals surface area contributed by atoms with Gasteiger partial charge in [-0.25, -0.2) is 4.98 Å². The molecule has 92 valence electrons. The molecule has 0 aliphatic heterocycles. The molecule has 2 rings (SSSR count). The second kappa shape index (κ2) is 5.19. The molecule has 0 aromatic carbocycles. The summed E-state index contributed by atoms with van der Waals surface area (Å²) in [5.41, 5.74) is 1.89. The maximum atomic E-state index is 8.72. The van der Waals surface area contributed by atoms with Gasteiger partial charge in [0.05, 0.1) is 11.6 Å². The van der Waals surface area contributed by atoms with E-state index in [4.69, 9.17) is 5.26 Å². The third-order valence-electron chi connectivity index (χ3n) is 2.80. The van der Waals surface area contributed by atoms with Crippen molar-refractivity contribution in [1.82, 2.24) is 4.98 Å². The molecule has 2 aromatic heterocycles. The molecule has 2 aromatic rings. The lowest BCUT2D eigenvalue weighted by Gasteiger charge is -2.14. The molecule has 0 saturated carbocycles. The van der Waals surface area contributed by atoms with E-state index in [0.717, 1.165) is 5.82 Å². The van der Waals surface area contributed by atoms with Crippen LogP contribution in [0.15, 0.2) is 24.4 Å². The van der Waals surface area contributed by atoms with Gasteiger partial charge in [0.2, 0.25) is 0 Å². The fraction of sp³-hybridized carbons (Fsp3) is 0.286. The van der Waals surface area contributed by atoms with Crippen LogP contribution < -0.4 is 5.32 Å². The standard InChI is InChI=1S/C14H15N3S/c1-9-6-13(11(3)18-9)10(2)17-14-5-4-12(7-15)8-16-14/h4-6,8,10H,1-3H3,(H,16,17). The molecule has 18 heavy (non-hydrogen) atoms. The normalized spacial score (nSPS) is 11.9. The summed E-state index contributed by atoms with van der Waals surface area (Å²) in [5, 5.41) is 12.1. The van der Waals surface area contributed by atoms with Crippen molar-refractivity contribution in [1.29, 1.82) is 5.26 Å². The Morgan fingerprint density at radius 3 is 2.67 bits per heavy atom. The summed E-state index contributed by atoms with van der Waals surface area (Å²) >= 11 is 1.81. The fourth-order valence-corrected chi connectivity index (χ4v) is 2.95. The number of aromatic nitrogens is 1. The molecule has 0 amide bonds. The van der Waals surface area contributed by atoms with Crippen LogP contribution in [0, 0.1) is 25.2 Å². The number of aryl methyl sites for hydroxylation is 2. The number of thiophene rings is 1. The zero-order valence-corrected chi connectivity index (χ0v) is 11.5. The van der Waals surface area contributed by atoms with Gasteiger partial charge in [0.25, 0.3) is 0 Å². The number of nitrogens with one attached hydrogen (secondary N) is 1. The molecule has 1 unspecified atom stereocenters. The van der Waals surface area contributed by atoms with Gasteiger partial charge in [-0.2, -0.15) is 5.26 Å². The Morgan fingerprint density at radius 2 is 2.17 bits per heavy atom. The van der Waals surface area contributed by atoms with Gasteiger partial charge >= 0.3 is 0 Å². The van der Waals surface area contributed by atoms with Crippen LogP contribution >= 0.6 is 11.3 Å². The van der Waals surface area contributed by atoms with Crippen molar-refractivity contribution >= 4 is 17.2 Å². The molecule has 0 spiro atoms. The number of nitrogens with zero attached hydrogens (tertiary/aromatic N) is 2. The number of pyridine rings is 1. The van der Waals surface area contributed by atoms with Gasteiger partial charge in [-0.05, 0) is 44.5 Å². The summed E-state index contributed by atoms with van der Waals surface area (Å²) in [7, 11) is 0. The van der Waals surface area contributed by atoms with Crippen LogP contribution in [-0.2, 0) is 0 Å². The van der Waals surface area contributed by atoms with Gasteiger partial charge in [-0.1, -0.05) is 0 Å². The smallest absolute Gasteiger partial charge is 0.126 e. The van der Waals surface area contributed by atoms with Crippen molar-refractivity contribution in [2.75, 3.05) is 5.32 Å². The topological polar surface area (TPSA) is 48.7 Å². The monoisotopic (exact) mass is 257 g/mol. The number of hydrogen-bond acceptors (Lipinski definition) is 4. The lowest BCUT2D eigenvalue weighted by molar-refractivity contribution is 0.871. The molecule has 0 aliphatic rings. The Bertz CT molecular complexity index is 578. The lowest BCUT2D eigenvalue weighted by atomic mass is 10.1. The van der Waals surface area contributed by atoms with E-state index < -0.39 is 0 Å². The second-order valence-corrected chi connectivity index (χ2v) is 5.74. The molecule has 0 fully saturated rings. The summed E-state index contributed by atoms with van der Waals surface area (Å²) in [6.07, 6.45) is 1.58. The van der Waals surface area contributed by atoms with Crippen LogP contribution in [0.25, 0.3) is 0 Å². The minimum atomic E-state index is 0.218. The molecule has 4 heteroatoms. The third kappa shape index (κ3) is 2.69. The van der Waals surface area contributed by atoms with E-state index in [2.05, 4.69) is 43.2 Å². The highest BCUT2D eigenvalue weighted by molar-refractivity contribution is 7.12. The summed E-state index contributed by atoms with van der Waals surface area (Å²) in [5.74, 6) is 0.796. The van der Waals surface area contributed by atoms with Gasteiger partial charge < -0.3 is 5.32 Å². The van der Waals surface area contributed by atoms with Gasteiger partial charge in [-0.15, -0.1) is 11.3 Å². The molecule has 0 saturated heterocycles. The molecule has 0 aliphatic carbocycles. The summed E-state index contributed by atoms with van der Waals surface area (Å²) in [6.45, 7) is 6.37. The minimum Gasteiger partial charge on any atom is -0.364 e. The highest BCUT2D eigenvalue weighted by Gasteiger charge is 2.11. The van der Waals surface area contributed by atoms with Crippen molar-refractivity contribution in [3.8, 4) is 6.07 Å². The average Bonchev–Trinajstić information content (AvgIpc) is 2.69. The highest BCUT2D eigenvalue weighted by atomic mass is 32.1. The summed E-state index contributed by atoms with van der Waals surface area (Å²) in [4.78, 5) is 6.88. The zero-order valence-electron chi connectivity index (χ0n) is 10.7. The number of hydrogen-bond donors (Lipinski definition) is 1. The minimum absolute atomic E-state index is 0.218. The van der Waals surface area contributed by atoms with Gasteiger partial charge in [0.15, 0.2) is 0 Å². The largest absolute Gasteiger partial charge is 0.364 e. The first-order valence-electron chi connectivity index (χ1n) is 5.80. The Morgan fingerprint density at radius 1 is 1.39 bits per heavy atom. The maximum Gasteiger partial charge on any atom is 0.126 e. The SMILES string of the molecule is Cc1cc(C(C)Nc2ccc(C#N)cn2)c(C)s1. The number of nitriles is 1. The quantitative estimate of drug-likeness (QED) is 0.909. The first-order chi connectivity index (χ1) is 8.60. The van der Waals surface area contributed by atoms with Gasteiger partial charge in [0.1, 0.15) is 11.9 Å². The first kappa shape index (κ1) is 12.6. The van der Waals surface area contributed by atoms with Gasteiger partial charge in [0, 0.05) is 16.0 Å². The van der Waals surface area contributed by atoms with Crippen LogP contribution in [0.1, 0.15) is 33.8 Å². The van der Waals surface area contributed by atoms with Crippen LogP contribution in [0.4, 0.5) is 5.82 Å². The maximum absolute atomic E-state index is 8.72. The van der Waals surface area contributed by atoms with E-state index in [1.807, 2.05) is 17.4 Å². The molecular weight excluding hydrogens is 242 g/mol. The van der Waals surface area contributed by atoms with E-state index in [0.29, 0.717) is 5.56 Å². The molecule has 0 bridgehead atoms. The third-order valence-corrected chi connectivity index (χ3v) is 3.78. The predicted molar refractivity (Wildman–Crippen MR) is 74.8 cm³/mol. The van der Waals surface area contributed by atoms with E-state index in [1.165, 1.54) is 15.3 Å². The lowest BCUT2D eigenvalue weighted by Crippen LogP contribution is -2.07. The Balaban J connectivity index is 2.13. The van der Waals surface area contributed by atoms with Crippen LogP contribution in [0.2, 0.25) is 0 Å². The van der Waals surface area contributed by atoms with Crippen LogP contribution in [0.3, 0.4) is 0 Å². The van der Waals surface area contributed by atoms with Crippen molar-refractivity contribution < 1.29 is 0 Å². The van der Waals surface area contributed by atoms with Crippen molar-refractivity contribution in [2.24, 2.45) is 0 Å². The van der Waals surface area contributed by atoms with Crippen LogP contribution in [0.5, 0.6) is 0 Å². The zero-order chi connectivity index (χ0) is 13.1.